The van der Waals surface area contributed by atoms with E-state index in [1.165, 1.54) is 60.5 Å². The monoisotopic (exact) mass is 308 g/mol. The zero-order chi connectivity index (χ0) is 15.3. The lowest BCUT2D eigenvalue weighted by atomic mass is 9.75. The van der Waals surface area contributed by atoms with Gasteiger partial charge in [0.05, 0.1) is 11.2 Å². The lowest BCUT2D eigenvalue weighted by Crippen LogP contribution is -2.45. The molecule has 1 heterocycles. The van der Waals surface area contributed by atoms with Crippen LogP contribution in [-0.4, -0.2) is 11.5 Å². The van der Waals surface area contributed by atoms with Crippen LogP contribution in [-0.2, 0) is 12.0 Å². The number of aromatic nitrogens is 1. The predicted octanol–water partition coefficient (Wildman–Crippen LogP) is 5.20. The predicted molar refractivity (Wildman–Crippen MR) is 93.1 cm³/mol. The summed E-state index contributed by atoms with van der Waals surface area (Å²) in [5.74, 6) is 0.943. The molecule has 1 aliphatic carbocycles. The van der Waals surface area contributed by atoms with Crippen molar-refractivity contribution in [1.82, 2.24) is 10.3 Å². The van der Waals surface area contributed by atoms with E-state index in [0.29, 0.717) is 0 Å². The van der Waals surface area contributed by atoms with Crippen LogP contribution in [0.15, 0.2) is 0 Å². The smallest absolute Gasteiger partial charge is 0.113 e. The van der Waals surface area contributed by atoms with Crippen LogP contribution in [0.25, 0.3) is 0 Å². The van der Waals surface area contributed by atoms with Crippen molar-refractivity contribution in [3.8, 4) is 0 Å². The first kappa shape index (κ1) is 17.0. The average Bonchev–Trinajstić information content (AvgIpc) is 2.89. The van der Waals surface area contributed by atoms with Crippen LogP contribution in [0.5, 0.6) is 0 Å². The van der Waals surface area contributed by atoms with Crippen molar-refractivity contribution in [2.45, 2.75) is 84.6 Å². The molecule has 0 saturated heterocycles. The molecule has 0 aromatic carbocycles. The van der Waals surface area contributed by atoms with E-state index in [1.54, 1.807) is 0 Å². The summed E-state index contributed by atoms with van der Waals surface area (Å²) in [4.78, 5) is 6.42. The van der Waals surface area contributed by atoms with Crippen LogP contribution < -0.4 is 5.32 Å². The molecule has 1 fully saturated rings. The minimum Gasteiger partial charge on any atom is -0.305 e. The summed E-state index contributed by atoms with van der Waals surface area (Å²) in [5.41, 5.74) is 1.48. The van der Waals surface area contributed by atoms with E-state index in [0.717, 1.165) is 18.9 Å². The first-order chi connectivity index (χ1) is 10.1. The van der Waals surface area contributed by atoms with Crippen molar-refractivity contribution in [2.75, 3.05) is 6.54 Å². The fourth-order valence-electron chi connectivity index (χ4n) is 3.66. The van der Waals surface area contributed by atoms with Gasteiger partial charge in [-0.2, -0.15) is 0 Å². The Labute approximate surface area is 134 Å². The van der Waals surface area contributed by atoms with Crippen LogP contribution in [0.1, 0.15) is 81.3 Å². The minimum absolute atomic E-state index is 0.170. The number of aryl methyl sites for hydroxylation is 2. The van der Waals surface area contributed by atoms with Crippen molar-refractivity contribution in [1.29, 1.82) is 0 Å². The summed E-state index contributed by atoms with van der Waals surface area (Å²) in [5, 5.41) is 5.24. The number of hydrogen-bond acceptors (Lipinski definition) is 3. The SMILES string of the molecule is CCCNC1(c2nc(CC)c(C)s2)CCC(CCC)CC1. The first-order valence-corrected chi connectivity index (χ1v) is 9.68. The van der Waals surface area contributed by atoms with Gasteiger partial charge in [-0.25, -0.2) is 4.98 Å². The molecule has 0 radical (unpaired) electrons. The molecule has 0 unspecified atom stereocenters. The molecule has 0 amide bonds. The normalized spacial score (nSPS) is 26.2. The highest BCUT2D eigenvalue weighted by Crippen LogP contribution is 2.42. The van der Waals surface area contributed by atoms with Gasteiger partial charge in [-0.05, 0) is 57.9 Å². The Morgan fingerprint density at radius 2 is 1.90 bits per heavy atom. The van der Waals surface area contributed by atoms with Crippen LogP contribution in [0.4, 0.5) is 0 Å². The van der Waals surface area contributed by atoms with Gasteiger partial charge in [0, 0.05) is 4.88 Å². The van der Waals surface area contributed by atoms with E-state index in [2.05, 4.69) is 33.0 Å². The van der Waals surface area contributed by atoms with Crippen LogP contribution in [0.3, 0.4) is 0 Å². The Morgan fingerprint density at radius 1 is 1.19 bits per heavy atom. The zero-order valence-electron chi connectivity index (χ0n) is 14.3. The molecule has 0 aliphatic heterocycles. The molecule has 21 heavy (non-hydrogen) atoms. The fourth-order valence-corrected chi connectivity index (χ4v) is 4.88. The number of nitrogens with zero attached hydrogens (tertiary/aromatic N) is 1. The third kappa shape index (κ3) is 3.87. The molecular formula is C18H32N2S. The van der Waals surface area contributed by atoms with Crippen LogP contribution in [0.2, 0.25) is 0 Å². The molecule has 0 atom stereocenters. The average molecular weight is 309 g/mol. The summed E-state index contributed by atoms with van der Waals surface area (Å²) in [6.45, 7) is 10.1. The number of hydrogen-bond donors (Lipinski definition) is 1. The van der Waals surface area contributed by atoms with Gasteiger partial charge in [0.1, 0.15) is 5.01 Å². The highest BCUT2D eigenvalue weighted by molar-refractivity contribution is 7.11. The molecule has 1 aromatic rings. The first-order valence-electron chi connectivity index (χ1n) is 8.87. The maximum atomic E-state index is 5.00. The standard InChI is InChI=1S/C18H32N2S/c1-5-8-15-9-11-18(12-10-15,19-13-6-2)17-20-16(7-3)14(4)21-17/h15,19H,5-13H2,1-4H3. The maximum Gasteiger partial charge on any atom is 0.113 e. The molecule has 0 bridgehead atoms. The van der Waals surface area contributed by atoms with E-state index in [4.69, 9.17) is 4.98 Å². The number of rotatable bonds is 7. The van der Waals surface area contributed by atoms with Gasteiger partial charge >= 0.3 is 0 Å². The zero-order valence-corrected chi connectivity index (χ0v) is 15.1. The quantitative estimate of drug-likeness (QED) is 0.749. The summed E-state index contributed by atoms with van der Waals surface area (Å²) >= 11 is 1.94. The van der Waals surface area contributed by atoms with Gasteiger partial charge in [0.15, 0.2) is 0 Å². The summed E-state index contributed by atoms with van der Waals surface area (Å²) in [7, 11) is 0. The summed E-state index contributed by atoms with van der Waals surface area (Å²) in [6.07, 6.45) is 10.3. The molecule has 120 valence electrons. The van der Waals surface area contributed by atoms with E-state index in [1.807, 2.05) is 11.3 Å². The molecular weight excluding hydrogens is 276 g/mol. The van der Waals surface area contributed by atoms with Gasteiger partial charge in [0.2, 0.25) is 0 Å². The molecule has 1 N–H and O–H groups in total. The second kappa shape index (κ2) is 7.73. The van der Waals surface area contributed by atoms with Crippen molar-refractivity contribution < 1.29 is 0 Å². The van der Waals surface area contributed by atoms with E-state index >= 15 is 0 Å². The lowest BCUT2D eigenvalue weighted by molar-refractivity contribution is 0.181. The maximum absolute atomic E-state index is 5.00. The lowest BCUT2D eigenvalue weighted by Gasteiger charge is -2.40. The molecule has 2 nitrogen and oxygen atoms in total. The van der Waals surface area contributed by atoms with Gasteiger partial charge < -0.3 is 5.32 Å². The largest absolute Gasteiger partial charge is 0.305 e. The van der Waals surface area contributed by atoms with Gasteiger partial charge in [-0.1, -0.05) is 33.6 Å². The fraction of sp³-hybridized carbons (Fsp3) is 0.833. The van der Waals surface area contributed by atoms with Crippen molar-refractivity contribution >= 4 is 11.3 Å². The molecule has 2 rings (SSSR count). The minimum atomic E-state index is 0.170. The van der Waals surface area contributed by atoms with Crippen molar-refractivity contribution in [3.05, 3.63) is 15.6 Å². The third-order valence-corrected chi connectivity index (χ3v) is 6.22. The number of thiazole rings is 1. The molecule has 3 heteroatoms. The second-order valence-electron chi connectivity index (χ2n) is 6.62. The van der Waals surface area contributed by atoms with Crippen LogP contribution >= 0.6 is 11.3 Å². The molecule has 1 aliphatic rings. The Hall–Kier alpha value is -0.410. The van der Waals surface area contributed by atoms with Gasteiger partial charge in [-0.15, -0.1) is 11.3 Å². The Balaban J connectivity index is 2.17. The van der Waals surface area contributed by atoms with Gasteiger partial charge in [-0.3, -0.25) is 0 Å². The Morgan fingerprint density at radius 3 is 2.43 bits per heavy atom. The second-order valence-corrected chi connectivity index (χ2v) is 7.82. The van der Waals surface area contributed by atoms with Crippen molar-refractivity contribution in [2.24, 2.45) is 5.92 Å². The van der Waals surface area contributed by atoms with Gasteiger partial charge in [0.25, 0.3) is 0 Å². The molecule has 1 saturated carbocycles. The van der Waals surface area contributed by atoms with E-state index in [-0.39, 0.29) is 5.54 Å². The highest BCUT2D eigenvalue weighted by Gasteiger charge is 2.38. The van der Waals surface area contributed by atoms with E-state index < -0.39 is 0 Å². The van der Waals surface area contributed by atoms with E-state index in [9.17, 15) is 0 Å². The summed E-state index contributed by atoms with van der Waals surface area (Å²) in [6, 6.07) is 0. The summed E-state index contributed by atoms with van der Waals surface area (Å²) < 4.78 is 0. The van der Waals surface area contributed by atoms with Crippen LogP contribution in [0, 0.1) is 12.8 Å². The molecule has 0 spiro atoms. The highest BCUT2D eigenvalue weighted by atomic mass is 32.1. The Kier molecular flexibility index (Phi) is 6.24. The molecule has 1 aromatic heterocycles. The third-order valence-electron chi connectivity index (χ3n) is 5.01. The van der Waals surface area contributed by atoms with Crippen molar-refractivity contribution in [3.63, 3.8) is 0 Å². The topological polar surface area (TPSA) is 24.9 Å². The number of nitrogens with one attached hydrogen (secondary N) is 1. The Bertz CT molecular complexity index is 430.